The van der Waals surface area contributed by atoms with Crippen LogP contribution in [0.2, 0.25) is 0 Å². The zero-order chi connectivity index (χ0) is 14.7. The maximum absolute atomic E-state index is 12.1. The third-order valence-corrected chi connectivity index (χ3v) is 4.03. The van der Waals surface area contributed by atoms with E-state index < -0.39 is 0 Å². The van der Waals surface area contributed by atoms with Gasteiger partial charge >= 0.3 is 0 Å². The van der Waals surface area contributed by atoms with Gasteiger partial charge in [0, 0.05) is 10.9 Å². The number of rotatable bonds is 4. The van der Waals surface area contributed by atoms with E-state index in [1.54, 1.807) is 19.4 Å². The van der Waals surface area contributed by atoms with E-state index in [2.05, 4.69) is 15.8 Å². The van der Waals surface area contributed by atoms with Gasteiger partial charge in [-0.1, -0.05) is 6.07 Å². The molecule has 1 amide bonds. The number of anilines is 1. The first kappa shape index (κ1) is 13.4. The van der Waals surface area contributed by atoms with Crippen LogP contribution >= 0.6 is 11.3 Å². The highest BCUT2D eigenvalue weighted by atomic mass is 32.1. The van der Waals surface area contributed by atoms with Crippen LogP contribution in [-0.4, -0.2) is 18.0 Å². The van der Waals surface area contributed by atoms with Gasteiger partial charge in [-0.05, 0) is 41.8 Å². The van der Waals surface area contributed by atoms with E-state index in [0.717, 1.165) is 15.8 Å². The second-order valence-electron chi connectivity index (χ2n) is 4.31. The fraction of sp³-hybridized carbons (Fsp3) is 0.0667. The van der Waals surface area contributed by atoms with Gasteiger partial charge in [0.2, 0.25) is 0 Å². The molecule has 0 saturated heterocycles. The summed E-state index contributed by atoms with van der Waals surface area (Å²) < 4.78 is 6.22. The lowest BCUT2D eigenvalue weighted by molar-refractivity contribution is 0.0966. The molecule has 0 atom stereocenters. The summed E-state index contributed by atoms with van der Waals surface area (Å²) in [6.07, 6.45) is 1.65. The molecule has 0 aliphatic carbocycles. The molecule has 0 bridgehead atoms. The molecule has 0 aliphatic rings. The second-order valence-corrected chi connectivity index (χ2v) is 5.39. The fourth-order valence-corrected chi connectivity index (χ4v) is 2.82. The topological polar surface area (TPSA) is 63.2 Å². The molecule has 21 heavy (non-hydrogen) atoms. The van der Waals surface area contributed by atoms with Gasteiger partial charge in [0.15, 0.2) is 0 Å². The molecule has 3 aromatic rings. The number of hydrogen-bond donors (Lipinski definition) is 2. The summed E-state index contributed by atoms with van der Waals surface area (Å²) in [5, 5.41) is 0.988. The molecule has 0 radical (unpaired) electrons. The van der Waals surface area contributed by atoms with Crippen molar-refractivity contribution in [3.63, 3.8) is 0 Å². The van der Waals surface area contributed by atoms with Crippen molar-refractivity contribution in [2.75, 3.05) is 12.5 Å². The lowest BCUT2D eigenvalue weighted by atomic mass is 10.2. The SMILES string of the molecule is COc1ccc2sc(C(=O)NNc3ccccn3)cc2c1. The standard InChI is InChI=1S/C15H13N3O2S/c1-20-11-5-6-12-10(8-11)9-13(21-12)15(19)18-17-14-4-2-3-7-16-14/h2-9H,1H3,(H,16,17)(H,18,19). The third kappa shape index (κ3) is 2.95. The number of pyridine rings is 1. The van der Waals surface area contributed by atoms with E-state index in [1.807, 2.05) is 36.4 Å². The van der Waals surface area contributed by atoms with Gasteiger partial charge in [0.1, 0.15) is 11.6 Å². The summed E-state index contributed by atoms with van der Waals surface area (Å²) >= 11 is 1.43. The predicted molar refractivity (Wildman–Crippen MR) is 83.7 cm³/mol. The summed E-state index contributed by atoms with van der Waals surface area (Å²) in [5.74, 6) is 1.17. The minimum Gasteiger partial charge on any atom is -0.497 e. The van der Waals surface area contributed by atoms with Crippen molar-refractivity contribution in [3.8, 4) is 5.75 Å². The zero-order valence-electron chi connectivity index (χ0n) is 11.3. The molecular weight excluding hydrogens is 286 g/mol. The molecule has 0 aliphatic heterocycles. The molecule has 5 nitrogen and oxygen atoms in total. The summed E-state index contributed by atoms with van der Waals surface area (Å²) in [5.41, 5.74) is 5.41. The van der Waals surface area contributed by atoms with Crippen molar-refractivity contribution >= 4 is 33.1 Å². The average molecular weight is 299 g/mol. The maximum atomic E-state index is 12.1. The van der Waals surface area contributed by atoms with Crippen LogP contribution in [0.25, 0.3) is 10.1 Å². The Balaban J connectivity index is 1.75. The number of nitrogens with zero attached hydrogens (tertiary/aromatic N) is 1. The van der Waals surface area contributed by atoms with Gasteiger partial charge in [-0.3, -0.25) is 15.6 Å². The van der Waals surface area contributed by atoms with Gasteiger partial charge < -0.3 is 4.74 Å². The Bertz CT molecular complexity index is 771. The zero-order valence-corrected chi connectivity index (χ0v) is 12.1. The number of amides is 1. The van der Waals surface area contributed by atoms with Crippen LogP contribution in [0.3, 0.4) is 0 Å². The number of nitrogens with one attached hydrogen (secondary N) is 2. The van der Waals surface area contributed by atoms with Crippen LogP contribution in [0.15, 0.2) is 48.7 Å². The Morgan fingerprint density at radius 3 is 2.90 bits per heavy atom. The molecule has 0 spiro atoms. The predicted octanol–water partition coefficient (Wildman–Crippen LogP) is 3.06. The number of methoxy groups -OCH3 is 1. The molecule has 6 heteroatoms. The van der Waals surface area contributed by atoms with Gasteiger partial charge in [-0.2, -0.15) is 0 Å². The summed E-state index contributed by atoms with van der Waals surface area (Å²) in [6, 6.07) is 13.0. The molecule has 2 heterocycles. The largest absolute Gasteiger partial charge is 0.497 e. The number of carbonyl (C=O) groups excluding carboxylic acids is 1. The first-order valence-corrected chi connectivity index (χ1v) is 7.13. The fourth-order valence-electron chi connectivity index (χ4n) is 1.88. The summed E-state index contributed by atoms with van der Waals surface area (Å²) in [7, 11) is 1.62. The smallest absolute Gasteiger partial charge is 0.279 e. The van der Waals surface area contributed by atoms with Crippen molar-refractivity contribution in [3.05, 3.63) is 53.5 Å². The minimum atomic E-state index is -0.194. The molecule has 0 unspecified atom stereocenters. The Morgan fingerprint density at radius 2 is 2.14 bits per heavy atom. The van der Waals surface area contributed by atoms with Gasteiger partial charge in [-0.25, -0.2) is 4.98 Å². The van der Waals surface area contributed by atoms with E-state index in [-0.39, 0.29) is 5.91 Å². The van der Waals surface area contributed by atoms with Crippen LogP contribution < -0.4 is 15.6 Å². The lowest BCUT2D eigenvalue weighted by Crippen LogP contribution is -2.29. The summed E-state index contributed by atoms with van der Waals surface area (Å²) in [4.78, 5) is 16.8. The van der Waals surface area contributed by atoms with Crippen LogP contribution in [0.1, 0.15) is 9.67 Å². The molecule has 1 aromatic carbocycles. The number of fused-ring (bicyclic) bond motifs is 1. The Labute approximate surface area is 125 Å². The molecule has 0 fully saturated rings. The number of hydrogen-bond acceptors (Lipinski definition) is 5. The van der Waals surface area contributed by atoms with E-state index in [4.69, 9.17) is 4.74 Å². The highest BCUT2D eigenvalue weighted by molar-refractivity contribution is 7.20. The number of hydrazine groups is 1. The first-order valence-electron chi connectivity index (χ1n) is 6.31. The maximum Gasteiger partial charge on any atom is 0.279 e. The number of carbonyl (C=O) groups is 1. The summed E-state index contributed by atoms with van der Waals surface area (Å²) in [6.45, 7) is 0. The average Bonchev–Trinajstić information content (AvgIpc) is 2.96. The van der Waals surface area contributed by atoms with Gasteiger partial charge in [0.05, 0.1) is 12.0 Å². The van der Waals surface area contributed by atoms with Gasteiger partial charge in [0.25, 0.3) is 5.91 Å². The molecule has 0 saturated carbocycles. The molecule has 3 rings (SSSR count). The van der Waals surface area contributed by atoms with E-state index >= 15 is 0 Å². The number of ether oxygens (including phenoxy) is 1. The normalized spacial score (nSPS) is 10.3. The van der Waals surface area contributed by atoms with Crippen LogP contribution in [0.5, 0.6) is 5.75 Å². The van der Waals surface area contributed by atoms with Crippen LogP contribution in [0.4, 0.5) is 5.82 Å². The molecule has 106 valence electrons. The monoisotopic (exact) mass is 299 g/mol. The van der Waals surface area contributed by atoms with Crippen molar-refractivity contribution in [1.82, 2.24) is 10.4 Å². The Hall–Kier alpha value is -2.60. The van der Waals surface area contributed by atoms with Crippen molar-refractivity contribution in [1.29, 1.82) is 0 Å². The number of benzene rings is 1. The second kappa shape index (κ2) is 5.80. The number of aromatic nitrogens is 1. The van der Waals surface area contributed by atoms with Crippen LogP contribution in [-0.2, 0) is 0 Å². The Kier molecular flexibility index (Phi) is 3.70. The third-order valence-electron chi connectivity index (χ3n) is 2.92. The Morgan fingerprint density at radius 1 is 1.24 bits per heavy atom. The first-order chi connectivity index (χ1) is 10.3. The van der Waals surface area contributed by atoms with E-state index in [0.29, 0.717) is 10.7 Å². The van der Waals surface area contributed by atoms with Crippen molar-refractivity contribution in [2.45, 2.75) is 0 Å². The van der Waals surface area contributed by atoms with Gasteiger partial charge in [-0.15, -0.1) is 11.3 Å². The lowest BCUT2D eigenvalue weighted by Gasteiger charge is -2.05. The molecule has 2 N–H and O–H groups in total. The number of thiophene rings is 1. The van der Waals surface area contributed by atoms with Crippen molar-refractivity contribution < 1.29 is 9.53 Å². The quantitative estimate of drug-likeness (QED) is 0.727. The van der Waals surface area contributed by atoms with Crippen LogP contribution in [0, 0.1) is 0 Å². The molecule has 2 aromatic heterocycles. The van der Waals surface area contributed by atoms with E-state index in [1.165, 1.54) is 11.3 Å². The molecular formula is C15H13N3O2S. The highest BCUT2D eigenvalue weighted by Crippen LogP contribution is 2.28. The minimum absolute atomic E-state index is 0.194. The highest BCUT2D eigenvalue weighted by Gasteiger charge is 2.10. The van der Waals surface area contributed by atoms with E-state index in [9.17, 15) is 4.79 Å². The van der Waals surface area contributed by atoms with Crippen molar-refractivity contribution in [2.24, 2.45) is 0 Å².